The van der Waals surface area contributed by atoms with Crippen LogP contribution in [0.25, 0.3) is 22.2 Å². The lowest BCUT2D eigenvalue weighted by molar-refractivity contribution is 0.440. The Morgan fingerprint density at radius 3 is 2.67 bits per heavy atom. The first-order valence-corrected chi connectivity index (χ1v) is 6.98. The van der Waals surface area contributed by atoms with E-state index >= 15 is 0 Å². The largest absolute Gasteiger partial charge is 0.355 e. The topological polar surface area (TPSA) is 26.0 Å². The Morgan fingerprint density at radius 2 is 1.94 bits per heavy atom. The summed E-state index contributed by atoms with van der Waals surface area (Å²) in [7, 11) is 0. The van der Waals surface area contributed by atoms with Crippen molar-refractivity contribution in [2.45, 2.75) is 5.33 Å². The minimum atomic E-state index is 0.692. The summed E-state index contributed by atoms with van der Waals surface area (Å²) in [5, 5.41) is 6.48. The smallest absolute Gasteiger partial charge is 0.174 e. The zero-order valence-corrected chi connectivity index (χ0v) is 11.7. The van der Waals surface area contributed by atoms with Crippen molar-refractivity contribution in [2.75, 3.05) is 0 Å². The van der Waals surface area contributed by atoms with Gasteiger partial charge in [-0.1, -0.05) is 63.0 Å². The maximum Gasteiger partial charge on any atom is 0.174 e. The van der Waals surface area contributed by atoms with Crippen molar-refractivity contribution in [3.05, 3.63) is 53.1 Å². The first-order valence-electron chi connectivity index (χ1n) is 5.49. The molecule has 0 saturated carbocycles. The van der Waals surface area contributed by atoms with Crippen LogP contribution in [0.15, 0.2) is 47.0 Å². The van der Waals surface area contributed by atoms with E-state index in [-0.39, 0.29) is 0 Å². The number of alkyl halides is 1. The molecule has 4 heteroatoms. The molecule has 3 aromatic rings. The highest BCUT2D eigenvalue weighted by molar-refractivity contribution is 9.08. The fourth-order valence-corrected chi connectivity index (χ4v) is 2.64. The summed E-state index contributed by atoms with van der Waals surface area (Å²) < 4.78 is 5.47. The van der Waals surface area contributed by atoms with Gasteiger partial charge in [0, 0.05) is 15.9 Å². The van der Waals surface area contributed by atoms with E-state index in [2.05, 4.69) is 21.1 Å². The first kappa shape index (κ1) is 11.8. The predicted molar refractivity (Wildman–Crippen MR) is 77.1 cm³/mol. The van der Waals surface area contributed by atoms with E-state index in [9.17, 15) is 0 Å². The van der Waals surface area contributed by atoms with Gasteiger partial charge in [0.1, 0.15) is 5.52 Å². The summed E-state index contributed by atoms with van der Waals surface area (Å²) in [4.78, 5) is 0. The first-order chi connectivity index (χ1) is 8.79. The number of hydrogen-bond acceptors (Lipinski definition) is 2. The highest BCUT2D eigenvalue weighted by Gasteiger charge is 2.14. The van der Waals surface area contributed by atoms with Crippen molar-refractivity contribution in [2.24, 2.45) is 0 Å². The molecule has 2 aromatic carbocycles. The molecule has 0 amide bonds. The fraction of sp³-hybridized carbons (Fsp3) is 0.0714. The molecule has 90 valence electrons. The Labute approximate surface area is 118 Å². The fourth-order valence-electron chi connectivity index (χ4n) is 1.98. The zero-order valence-electron chi connectivity index (χ0n) is 9.36. The second-order valence-corrected chi connectivity index (χ2v) is 4.97. The summed E-state index contributed by atoms with van der Waals surface area (Å²) in [5.41, 5.74) is 2.89. The Morgan fingerprint density at radius 1 is 1.17 bits per heavy atom. The molecule has 0 fully saturated rings. The van der Waals surface area contributed by atoms with Gasteiger partial charge in [-0.2, -0.15) is 0 Å². The Balaban J connectivity index is 2.30. The molecule has 1 heterocycles. The number of halogens is 2. The summed E-state index contributed by atoms with van der Waals surface area (Å²) in [6.45, 7) is 0. The molecule has 1 aromatic heterocycles. The maximum absolute atomic E-state index is 6.13. The third-order valence-electron chi connectivity index (χ3n) is 2.81. The Kier molecular flexibility index (Phi) is 3.10. The number of fused-ring (bicyclic) bond motifs is 1. The third-order valence-corrected chi connectivity index (χ3v) is 3.63. The molecule has 0 aliphatic rings. The van der Waals surface area contributed by atoms with Crippen LogP contribution >= 0.6 is 27.5 Å². The monoisotopic (exact) mass is 321 g/mol. The Hall–Kier alpha value is -1.32. The van der Waals surface area contributed by atoms with E-state index < -0.39 is 0 Å². The highest BCUT2D eigenvalue weighted by atomic mass is 79.9. The number of hydrogen-bond donors (Lipinski definition) is 0. The molecular weight excluding hydrogens is 314 g/mol. The van der Waals surface area contributed by atoms with Crippen LogP contribution in [0.4, 0.5) is 0 Å². The van der Waals surface area contributed by atoms with Gasteiger partial charge in [0.05, 0.1) is 5.39 Å². The molecule has 0 saturated heterocycles. The van der Waals surface area contributed by atoms with Gasteiger partial charge in [-0.15, -0.1) is 0 Å². The van der Waals surface area contributed by atoms with Gasteiger partial charge in [0.2, 0.25) is 0 Å². The van der Waals surface area contributed by atoms with E-state index in [0.29, 0.717) is 10.4 Å². The van der Waals surface area contributed by atoms with Crippen molar-refractivity contribution in [3.63, 3.8) is 0 Å². The number of nitrogens with zero attached hydrogens (tertiary/aromatic N) is 1. The van der Waals surface area contributed by atoms with Crippen molar-refractivity contribution in [3.8, 4) is 11.3 Å². The second-order valence-electron chi connectivity index (χ2n) is 3.97. The molecule has 0 spiro atoms. The van der Waals surface area contributed by atoms with Crippen LogP contribution in [0.3, 0.4) is 0 Å². The molecule has 0 aliphatic heterocycles. The van der Waals surface area contributed by atoms with Crippen LogP contribution in [0.2, 0.25) is 5.02 Å². The predicted octanol–water partition coefficient (Wildman–Crippen LogP) is 5.04. The lowest BCUT2D eigenvalue weighted by Gasteiger charge is -1.99. The van der Waals surface area contributed by atoms with Crippen LogP contribution < -0.4 is 0 Å². The maximum atomic E-state index is 6.13. The van der Waals surface area contributed by atoms with Crippen LogP contribution in [-0.4, -0.2) is 5.16 Å². The zero-order chi connectivity index (χ0) is 12.5. The standard InChI is InChI=1S/C14H9BrClNO/c15-8-10-6-11(16)7-12-13(10)17-18-14(12)9-4-2-1-3-5-9/h1-7H,8H2. The minimum Gasteiger partial charge on any atom is -0.355 e. The molecular formula is C14H9BrClNO. The number of rotatable bonds is 2. The number of aromatic nitrogens is 1. The second kappa shape index (κ2) is 4.75. The van der Waals surface area contributed by atoms with Gasteiger partial charge < -0.3 is 4.52 Å². The van der Waals surface area contributed by atoms with E-state index in [4.69, 9.17) is 16.1 Å². The van der Waals surface area contributed by atoms with E-state index in [1.807, 2.05) is 42.5 Å². The van der Waals surface area contributed by atoms with Gasteiger partial charge in [0.25, 0.3) is 0 Å². The molecule has 3 rings (SSSR count). The molecule has 0 aliphatic carbocycles. The van der Waals surface area contributed by atoms with Crippen molar-refractivity contribution in [1.29, 1.82) is 0 Å². The average Bonchev–Trinajstić information content (AvgIpc) is 2.82. The van der Waals surface area contributed by atoms with E-state index in [1.54, 1.807) is 0 Å². The van der Waals surface area contributed by atoms with Gasteiger partial charge in [-0.3, -0.25) is 0 Å². The van der Waals surface area contributed by atoms with E-state index in [1.165, 1.54) is 0 Å². The highest BCUT2D eigenvalue weighted by Crippen LogP contribution is 2.33. The van der Waals surface area contributed by atoms with Gasteiger partial charge in [-0.25, -0.2) is 0 Å². The average molecular weight is 323 g/mol. The minimum absolute atomic E-state index is 0.692. The van der Waals surface area contributed by atoms with Crippen LogP contribution in [0.5, 0.6) is 0 Å². The van der Waals surface area contributed by atoms with Gasteiger partial charge in [0.15, 0.2) is 5.76 Å². The lowest BCUT2D eigenvalue weighted by Crippen LogP contribution is -1.81. The van der Waals surface area contributed by atoms with Crippen LogP contribution in [0.1, 0.15) is 5.56 Å². The van der Waals surface area contributed by atoms with Crippen molar-refractivity contribution >= 4 is 38.4 Å². The summed E-state index contributed by atoms with van der Waals surface area (Å²) in [5.74, 6) is 0.760. The molecule has 2 nitrogen and oxygen atoms in total. The molecule has 0 bridgehead atoms. The number of benzene rings is 2. The quantitative estimate of drug-likeness (QED) is 0.618. The van der Waals surface area contributed by atoms with Crippen LogP contribution in [0, 0.1) is 0 Å². The SMILES string of the molecule is Clc1cc(CBr)c2noc(-c3ccccc3)c2c1. The van der Waals surface area contributed by atoms with Crippen LogP contribution in [-0.2, 0) is 5.33 Å². The van der Waals surface area contributed by atoms with E-state index in [0.717, 1.165) is 27.8 Å². The lowest BCUT2D eigenvalue weighted by atomic mass is 10.1. The molecule has 18 heavy (non-hydrogen) atoms. The summed E-state index contributed by atoms with van der Waals surface area (Å²) in [6, 6.07) is 13.7. The van der Waals surface area contributed by atoms with Gasteiger partial charge in [-0.05, 0) is 17.7 Å². The Bertz CT molecular complexity index is 694. The van der Waals surface area contributed by atoms with Crippen molar-refractivity contribution in [1.82, 2.24) is 5.16 Å². The summed E-state index contributed by atoms with van der Waals surface area (Å²) in [6.07, 6.45) is 0. The molecule has 0 radical (unpaired) electrons. The summed E-state index contributed by atoms with van der Waals surface area (Å²) >= 11 is 9.57. The van der Waals surface area contributed by atoms with Crippen molar-refractivity contribution < 1.29 is 4.52 Å². The molecule has 0 atom stereocenters. The molecule has 0 unspecified atom stereocenters. The third kappa shape index (κ3) is 1.93. The normalized spacial score (nSPS) is 11.0. The van der Waals surface area contributed by atoms with Gasteiger partial charge >= 0.3 is 0 Å². The molecule has 0 N–H and O–H groups in total.